The predicted molar refractivity (Wildman–Crippen MR) is 109 cm³/mol. The van der Waals surface area contributed by atoms with Crippen molar-refractivity contribution < 1.29 is 23.4 Å². The smallest absolute Gasteiger partial charge is 0.387 e. The molecule has 0 bridgehead atoms. The van der Waals surface area contributed by atoms with Crippen LogP contribution in [-0.2, 0) is 18.8 Å². The number of rotatable bonds is 4. The molecule has 1 saturated heterocycles. The van der Waals surface area contributed by atoms with Crippen molar-refractivity contribution in [2.45, 2.75) is 30.7 Å². The second-order valence-electron chi connectivity index (χ2n) is 8.14. The minimum absolute atomic E-state index is 0.403. The quantitative estimate of drug-likeness (QED) is 0.667. The van der Waals surface area contributed by atoms with Crippen LogP contribution in [0.3, 0.4) is 0 Å². The summed E-state index contributed by atoms with van der Waals surface area (Å²) >= 11 is 0. The highest BCUT2D eigenvalue weighted by Gasteiger charge is 2.36. The van der Waals surface area contributed by atoms with Crippen molar-refractivity contribution >= 4 is 10.9 Å². The number of hydrogen-bond donors (Lipinski definition) is 2. The molecule has 1 aliphatic rings. The van der Waals surface area contributed by atoms with Gasteiger partial charge in [0.25, 0.3) is 0 Å². The van der Waals surface area contributed by atoms with Crippen LogP contribution in [0, 0.1) is 0 Å². The lowest BCUT2D eigenvalue weighted by Gasteiger charge is -2.39. The number of nitrogens with zero attached hydrogens (tertiary/aromatic N) is 2. The van der Waals surface area contributed by atoms with Crippen LogP contribution in [0.4, 0.5) is 13.2 Å². The molecule has 30 heavy (non-hydrogen) atoms. The molecule has 1 atom stereocenters. The van der Waals surface area contributed by atoms with E-state index in [2.05, 4.69) is 4.90 Å². The molecule has 7 heteroatoms. The van der Waals surface area contributed by atoms with Gasteiger partial charge in [-0.05, 0) is 36.6 Å². The van der Waals surface area contributed by atoms with Gasteiger partial charge in [-0.15, -0.1) is 0 Å². The third-order valence-electron chi connectivity index (χ3n) is 6.15. The number of piperidine rings is 1. The third kappa shape index (κ3) is 3.97. The number of benzene rings is 2. The molecule has 1 fully saturated rings. The zero-order chi connectivity index (χ0) is 21.5. The molecule has 2 aromatic carbocycles. The minimum atomic E-state index is -4.39. The average molecular weight is 418 g/mol. The van der Waals surface area contributed by atoms with Gasteiger partial charge in [0.05, 0.1) is 17.3 Å². The van der Waals surface area contributed by atoms with Crippen molar-refractivity contribution in [3.63, 3.8) is 0 Å². The molecule has 0 spiro atoms. The number of para-hydroxylation sites is 1. The van der Waals surface area contributed by atoms with Gasteiger partial charge in [0.15, 0.2) is 0 Å². The Morgan fingerprint density at radius 2 is 1.67 bits per heavy atom. The summed E-state index contributed by atoms with van der Waals surface area (Å²) in [6, 6.07) is 12.7. The number of fused-ring (bicyclic) bond motifs is 1. The highest BCUT2D eigenvalue weighted by Crippen LogP contribution is 2.36. The molecular weight excluding hydrogens is 393 g/mol. The summed E-state index contributed by atoms with van der Waals surface area (Å²) in [5.74, 6) is 0. The molecule has 0 radical (unpaired) electrons. The number of aliphatic hydroxyl groups excluding tert-OH is 1. The van der Waals surface area contributed by atoms with E-state index in [1.165, 1.54) is 12.1 Å². The Bertz CT molecular complexity index is 1020. The number of likely N-dealkylation sites (tertiary alicyclic amines) is 1. The molecule has 4 nitrogen and oxygen atoms in total. The van der Waals surface area contributed by atoms with Crippen molar-refractivity contribution in [1.82, 2.24) is 9.47 Å². The van der Waals surface area contributed by atoms with Gasteiger partial charge in [-0.1, -0.05) is 30.3 Å². The number of β-amino-alcohol motifs (C(OH)–C–C–N with tert-alkyl or cyclic N) is 1. The molecular formula is C23H25F3N2O2. The summed E-state index contributed by atoms with van der Waals surface area (Å²) in [5.41, 5.74) is 0.569. The summed E-state index contributed by atoms with van der Waals surface area (Å²) in [5, 5.41) is 22.8. The van der Waals surface area contributed by atoms with E-state index in [-0.39, 0.29) is 0 Å². The first-order valence-electron chi connectivity index (χ1n) is 10.0. The summed E-state index contributed by atoms with van der Waals surface area (Å²) in [7, 11) is 1.95. The van der Waals surface area contributed by atoms with E-state index < -0.39 is 23.4 Å². The summed E-state index contributed by atoms with van der Waals surface area (Å²) in [6.07, 6.45) is -2.30. The van der Waals surface area contributed by atoms with Crippen molar-refractivity contribution in [3.8, 4) is 0 Å². The van der Waals surface area contributed by atoms with E-state index >= 15 is 0 Å². The summed E-state index contributed by atoms with van der Waals surface area (Å²) in [4.78, 5) is 2.09. The van der Waals surface area contributed by atoms with Crippen LogP contribution in [0.1, 0.15) is 35.6 Å². The van der Waals surface area contributed by atoms with Crippen LogP contribution < -0.4 is 0 Å². The van der Waals surface area contributed by atoms with E-state index in [0.29, 0.717) is 38.0 Å². The van der Waals surface area contributed by atoms with Crippen LogP contribution in [0.25, 0.3) is 10.9 Å². The number of aliphatic hydroxyl groups is 2. The van der Waals surface area contributed by atoms with Crippen LogP contribution in [0.5, 0.6) is 0 Å². The molecule has 4 rings (SSSR count). The normalized spacial score (nSPS) is 18.6. The third-order valence-corrected chi connectivity index (χ3v) is 6.15. The maximum Gasteiger partial charge on any atom is 0.416 e. The zero-order valence-corrected chi connectivity index (χ0v) is 16.7. The highest BCUT2D eigenvalue weighted by atomic mass is 19.4. The van der Waals surface area contributed by atoms with Crippen molar-refractivity contribution in [1.29, 1.82) is 0 Å². The Morgan fingerprint density at radius 1 is 1.03 bits per heavy atom. The molecule has 2 heterocycles. The summed E-state index contributed by atoms with van der Waals surface area (Å²) in [6.45, 7) is 1.55. The molecule has 0 aliphatic carbocycles. The van der Waals surface area contributed by atoms with Gasteiger partial charge < -0.3 is 19.7 Å². The standard InChI is InChI=1S/C23H25F3N2O2/c1-27-14-19(18-4-2-3-5-20(18)27)21(29)15-28-12-10-22(30,11-13-28)16-6-8-17(9-7-16)23(24,25)26/h2-9,14,21,29-30H,10-13,15H2,1H3. The Morgan fingerprint density at radius 3 is 2.30 bits per heavy atom. The lowest BCUT2D eigenvalue weighted by atomic mass is 9.84. The largest absolute Gasteiger partial charge is 0.416 e. The lowest BCUT2D eigenvalue weighted by Crippen LogP contribution is -2.44. The van der Waals surface area contributed by atoms with Crippen LogP contribution in [-0.4, -0.2) is 39.3 Å². The molecule has 0 saturated carbocycles. The van der Waals surface area contributed by atoms with Crippen molar-refractivity contribution in [2.75, 3.05) is 19.6 Å². The first-order valence-corrected chi connectivity index (χ1v) is 10.0. The second kappa shape index (κ2) is 7.72. The van der Waals surface area contributed by atoms with Crippen molar-refractivity contribution in [3.05, 3.63) is 71.4 Å². The fourth-order valence-electron chi connectivity index (χ4n) is 4.35. The summed E-state index contributed by atoms with van der Waals surface area (Å²) < 4.78 is 40.3. The number of alkyl halides is 3. The van der Waals surface area contributed by atoms with E-state index in [1.807, 2.05) is 42.1 Å². The van der Waals surface area contributed by atoms with Gasteiger partial charge >= 0.3 is 6.18 Å². The van der Waals surface area contributed by atoms with Crippen LogP contribution in [0.15, 0.2) is 54.7 Å². The molecule has 160 valence electrons. The fourth-order valence-corrected chi connectivity index (χ4v) is 4.35. The molecule has 0 amide bonds. The molecule has 1 aromatic heterocycles. The van der Waals surface area contributed by atoms with Gasteiger partial charge in [0.1, 0.15) is 0 Å². The fraction of sp³-hybridized carbons (Fsp3) is 0.391. The van der Waals surface area contributed by atoms with E-state index in [1.54, 1.807) is 0 Å². The maximum atomic E-state index is 12.8. The molecule has 3 aromatic rings. The number of aromatic nitrogens is 1. The maximum absolute atomic E-state index is 12.8. The topological polar surface area (TPSA) is 48.6 Å². The number of aryl methyl sites for hydroxylation is 1. The Hall–Kier alpha value is -2.35. The number of hydrogen-bond acceptors (Lipinski definition) is 3. The van der Waals surface area contributed by atoms with Gasteiger partial charge in [-0.25, -0.2) is 0 Å². The zero-order valence-electron chi connectivity index (χ0n) is 16.7. The van der Waals surface area contributed by atoms with Gasteiger partial charge in [-0.3, -0.25) is 0 Å². The van der Waals surface area contributed by atoms with Gasteiger partial charge in [0, 0.05) is 49.3 Å². The lowest BCUT2D eigenvalue weighted by molar-refractivity contribution is -0.137. The van der Waals surface area contributed by atoms with Gasteiger partial charge in [-0.2, -0.15) is 13.2 Å². The van der Waals surface area contributed by atoms with Gasteiger partial charge in [0.2, 0.25) is 0 Å². The number of halogens is 3. The Kier molecular flexibility index (Phi) is 5.38. The second-order valence-corrected chi connectivity index (χ2v) is 8.14. The predicted octanol–water partition coefficient (Wildman–Crippen LogP) is 4.21. The van der Waals surface area contributed by atoms with E-state index in [4.69, 9.17) is 0 Å². The monoisotopic (exact) mass is 418 g/mol. The van der Waals surface area contributed by atoms with E-state index in [0.717, 1.165) is 28.6 Å². The molecule has 1 aliphatic heterocycles. The van der Waals surface area contributed by atoms with Crippen LogP contribution >= 0.6 is 0 Å². The molecule has 2 N–H and O–H groups in total. The highest BCUT2D eigenvalue weighted by molar-refractivity contribution is 5.84. The minimum Gasteiger partial charge on any atom is -0.387 e. The average Bonchev–Trinajstić information content (AvgIpc) is 3.06. The van der Waals surface area contributed by atoms with Crippen molar-refractivity contribution in [2.24, 2.45) is 7.05 Å². The molecule has 1 unspecified atom stereocenters. The SMILES string of the molecule is Cn1cc(C(O)CN2CCC(O)(c3ccc(C(F)(F)F)cc3)CC2)c2ccccc21. The van der Waals surface area contributed by atoms with Crippen LogP contribution in [0.2, 0.25) is 0 Å². The Balaban J connectivity index is 1.41. The first kappa shape index (κ1) is 20.9. The van der Waals surface area contributed by atoms with E-state index in [9.17, 15) is 23.4 Å². The Labute approximate surface area is 173 Å². The first-order chi connectivity index (χ1) is 14.2.